The molecule has 9 heteroatoms. The Balaban J connectivity index is 1.53. The minimum Gasteiger partial charge on any atom is -0.497 e. The normalized spacial score (nSPS) is 15.5. The Labute approximate surface area is 183 Å². The van der Waals surface area contributed by atoms with Crippen molar-refractivity contribution in [3.05, 3.63) is 64.1 Å². The smallest absolute Gasteiger partial charge is 0.286 e. The van der Waals surface area contributed by atoms with E-state index in [1.807, 2.05) is 18.2 Å². The van der Waals surface area contributed by atoms with Gasteiger partial charge in [-0.1, -0.05) is 29.5 Å². The Morgan fingerprint density at radius 2 is 1.77 bits per heavy atom. The zero-order valence-corrected chi connectivity index (χ0v) is 18.0. The lowest BCUT2D eigenvalue weighted by Crippen LogP contribution is -2.30. The number of aromatic nitrogens is 2. The monoisotopic (exact) mass is 438 g/mol. The number of carbonyl (C=O) groups is 2. The van der Waals surface area contributed by atoms with E-state index in [1.54, 1.807) is 49.5 Å². The first-order valence-electron chi connectivity index (χ1n) is 9.83. The van der Waals surface area contributed by atoms with Crippen molar-refractivity contribution in [1.29, 1.82) is 0 Å². The summed E-state index contributed by atoms with van der Waals surface area (Å²) >= 11 is 1.21. The highest BCUT2D eigenvalue weighted by atomic mass is 32.1. The van der Waals surface area contributed by atoms with E-state index in [1.165, 1.54) is 11.3 Å². The molecule has 0 unspecified atom stereocenters. The van der Waals surface area contributed by atoms with Crippen molar-refractivity contribution in [3.63, 3.8) is 0 Å². The number of rotatable bonds is 6. The molecule has 0 bridgehead atoms. The molecule has 0 spiro atoms. The summed E-state index contributed by atoms with van der Waals surface area (Å²) < 4.78 is 10.6. The summed E-state index contributed by atoms with van der Waals surface area (Å²) in [5.41, 5.74) is 1.17. The quantitative estimate of drug-likeness (QED) is 0.629. The Bertz CT molecular complexity index is 1060. The van der Waals surface area contributed by atoms with Gasteiger partial charge in [0.2, 0.25) is 5.01 Å². The third-order valence-electron chi connectivity index (χ3n) is 5.06. The molecule has 3 aromatic rings. The number of likely N-dealkylation sites (tertiary alicyclic amines) is 1. The van der Waals surface area contributed by atoms with Crippen LogP contribution in [-0.2, 0) is 0 Å². The lowest BCUT2D eigenvalue weighted by molar-refractivity contribution is 0.0734. The molecule has 4 rings (SSSR count). The Morgan fingerprint density at radius 3 is 2.45 bits per heavy atom. The molecule has 160 valence electrons. The molecule has 1 N–H and O–H groups in total. The van der Waals surface area contributed by atoms with Crippen LogP contribution in [0.15, 0.2) is 48.5 Å². The van der Waals surface area contributed by atoms with Gasteiger partial charge >= 0.3 is 0 Å². The van der Waals surface area contributed by atoms with Crippen molar-refractivity contribution in [2.75, 3.05) is 26.1 Å². The van der Waals surface area contributed by atoms with Crippen LogP contribution in [0.3, 0.4) is 0 Å². The van der Waals surface area contributed by atoms with Gasteiger partial charge in [-0.3, -0.25) is 9.59 Å². The number of methoxy groups -OCH3 is 2. The number of anilines is 1. The minimum absolute atomic E-state index is 0.134. The molecule has 1 aromatic heterocycles. The lowest BCUT2D eigenvalue weighted by Gasteiger charge is -2.23. The Morgan fingerprint density at radius 1 is 1.06 bits per heavy atom. The zero-order valence-electron chi connectivity index (χ0n) is 17.2. The van der Waals surface area contributed by atoms with E-state index >= 15 is 0 Å². The van der Waals surface area contributed by atoms with Gasteiger partial charge in [0, 0.05) is 23.9 Å². The summed E-state index contributed by atoms with van der Waals surface area (Å²) in [5.74, 6) is 0.650. The van der Waals surface area contributed by atoms with Crippen LogP contribution in [0.25, 0.3) is 0 Å². The first-order chi connectivity index (χ1) is 15.1. The Hall–Kier alpha value is -3.46. The molecule has 0 radical (unpaired) electrons. The first kappa shape index (κ1) is 20.8. The highest BCUT2D eigenvalue weighted by molar-refractivity contribution is 7.13. The van der Waals surface area contributed by atoms with Crippen LogP contribution in [0.2, 0.25) is 0 Å². The van der Waals surface area contributed by atoms with Crippen molar-refractivity contribution in [3.8, 4) is 11.5 Å². The molecule has 31 heavy (non-hydrogen) atoms. The molecule has 1 atom stereocenters. The average Bonchev–Trinajstić information content (AvgIpc) is 3.48. The van der Waals surface area contributed by atoms with Gasteiger partial charge in [-0.2, -0.15) is 0 Å². The highest BCUT2D eigenvalue weighted by Gasteiger charge is 2.34. The molecular weight excluding hydrogens is 416 g/mol. The van der Waals surface area contributed by atoms with E-state index in [-0.39, 0.29) is 22.9 Å². The van der Waals surface area contributed by atoms with Crippen molar-refractivity contribution in [1.82, 2.24) is 15.1 Å². The molecule has 8 nitrogen and oxygen atoms in total. The molecule has 1 aliphatic rings. The number of hydrogen-bond donors (Lipinski definition) is 1. The summed E-state index contributed by atoms with van der Waals surface area (Å²) in [4.78, 5) is 27.5. The van der Waals surface area contributed by atoms with Gasteiger partial charge in [0.05, 0.1) is 20.3 Å². The number of para-hydroxylation sites is 1. The second-order valence-corrected chi connectivity index (χ2v) is 8.03. The maximum Gasteiger partial charge on any atom is 0.286 e. The molecule has 2 heterocycles. The Kier molecular flexibility index (Phi) is 6.13. The second kappa shape index (κ2) is 9.13. The third-order valence-corrected chi connectivity index (χ3v) is 6.09. The third kappa shape index (κ3) is 4.51. The molecule has 0 aliphatic carbocycles. The van der Waals surface area contributed by atoms with Crippen LogP contribution in [0, 0.1) is 0 Å². The van der Waals surface area contributed by atoms with Crippen molar-refractivity contribution in [2.24, 2.45) is 0 Å². The van der Waals surface area contributed by atoms with Crippen LogP contribution >= 0.6 is 11.3 Å². The average molecular weight is 439 g/mol. The summed E-state index contributed by atoms with van der Waals surface area (Å²) in [5, 5.41) is 12.0. The molecule has 2 aromatic carbocycles. The molecule has 2 amide bonds. The van der Waals surface area contributed by atoms with Gasteiger partial charge in [0.1, 0.15) is 16.5 Å². The van der Waals surface area contributed by atoms with Crippen LogP contribution in [0.1, 0.15) is 44.1 Å². The van der Waals surface area contributed by atoms with E-state index in [0.717, 1.165) is 12.8 Å². The van der Waals surface area contributed by atoms with Crippen LogP contribution < -0.4 is 14.8 Å². The number of amides is 2. The van der Waals surface area contributed by atoms with Crippen molar-refractivity contribution in [2.45, 2.75) is 18.9 Å². The standard InChI is InChI=1S/C22H22N4O4S/c1-29-16-11-14(12-17(13-16)30-2)22(28)26-10-6-9-18(26)20-24-25-21(31-20)19(27)23-15-7-4-3-5-8-15/h3-5,7-8,11-13,18H,6,9-10H2,1-2H3,(H,23,27)/t18-/m0/s1. The maximum atomic E-state index is 13.2. The molecule has 0 saturated carbocycles. The maximum absolute atomic E-state index is 13.2. The summed E-state index contributed by atoms with van der Waals surface area (Å²) in [7, 11) is 3.09. The van der Waals surface area contributed by atoms with E-state index in [0.29, 0.717) is 34.3 Å². The predicted octanol–water partition coefficient (Wildman–Crippen LogP) is 3.78. The van der Waals surface area contributed by atoms with Crippen LogP contribution in [0.4, 0.5) is 5.69 Å². The number of hydrogen-bond acceptors (Lipinski definition) is 7. The largest absolute Gasteiger partial charge is 0.497 e. The van der Waals surface area contributed by atoms with Gasteiger partial charge in [0.15, 0.2) is 0 Å². The summed E-state index contributed by atoms with van der Waals surface area (Å²) in [6, 6.07) is 14.1. The zero-order chi connectivity index (χ0) is 21.8. The SMILES string of the molecule is COc1cc(OC)cc(C(=O)N2CCC[C@H]2c2nnc(C(=O)Nc3ccccc3)s2)c1. The fraction of sp³-hybridized carbons (Fsp3) is 0.273. The van der Waals surface area contributed by atoms with E-state index < -0.39 is 0 Å². The van der Waals surface area contributed by atoms with Gasteiger partial charge < -0.3 is 19.7 Å². The predicted molar refractivity (Wildman–Crippen MR) is 117 cm³/mol. The van der Waals surface area contributed by atoms with Gasteiger partial charge in [-0.25, -0.2) is 0 Å². The second-order valence-electron chi connectivity index (χ2n) is 7.02. The molecule has 1 saturated heterocycles. The van der Waals surface area contributed by atoms with E-state index in [2.05, 4.69) is 15.5 Å². The number of nitrogens with zero attached hydrogens (tertiary/aromatic N) is 3. The number of benzene rings is 2. The minimum atomic E-state index is -0.316. The van der Waals surface area contributed by atoms with E-state index in [4.69, 9.17) is 9.47 Å². The van der Waals surface area contributed by atoms with Gasteiger partial charge in [0.25, 0.3) is 11.8 Å². The molecular formula is C22H22N4O4S. The van der Waals surface area contributed by atoms with Crippen molar-refractivity contribution < 1.29 is 19.1 Å². The summed E-state index contributed by atoms with van der Waals surface area (Å²) in [6.45, 7) is 0.605. The number of ether oxygens (including phenoxy) is 2. The fourth-order valence-electron chi connectivity index (χ4n) is 3.53. The summed E-state index contributed by atoms with van der Waals surface area (Å²) in [6.07, 6.45) is 1.62. The van der Waals surface area contributed by atoms with E-state index in [9.17, 15) is 9.59 Å². The number of nitrogens with one attached hydrogen (secondary N) is 1. The highest BCUT2D eigenvalue weighted by Crippen LogP contribution is 2.35. The van der Waals surface area contributed by atoms with Gasteiger partial charge in [-0.15, -0.1) is 10.2 Å². The lowest BCUT2D eigenvalue weighted by atomic mass is 10.1. The van der Waals surface area contributed by atoms with Gasteiger partial charge in [-0.05, 0) is 37.1 Å². The molecule has 1 aliphatic heterocycles. The number of carbonyl (C=O) groups excluding carboxylic acids is 2. The van der Waals surface area contributed by atoms with Crippen molar-refractivity contribution >= 4 is 28.8 Å². The van der Waals surface area contributed by atoms with Crippen LogP contribution in [-0.4, -0.2) is 47.7 Å². The topological polar surface area (TPSA) is 93.7 Å². The fourth-order valence-corrected chi connectivity index (χ4v) is 4.42. The van der Waals surface area contributed by atoms with Crippen LogP contribution in [0.5, 0.6) is 11.5 Å². The molecule has 1 fully saturated rings. The first-order valence-corrected chi connectivity index (χ1v) is 10.6.